The van der Waals surface area contributed by atoms with Gasteiger partial charge in [-0.3, -0.25) is 0 Å². The molecule has 5 heterocycles. The van der Waals surface area contributed by atoms with Crippen LogP contribution in [0.1, 0.15) is 0 Å². The minimum atomic E-state index is -0.0494. The smallest absolute Gasteiger partial charge is 0.168 e. The molecule has 0 fully saturated rings. The molecule has 0 aliphatic carbocycles. The minimum absolute atomic E-state index is 0.0469. The molecular formula is C64H82N8O20. The first-order valence-electron chi connectivity index (χ1n) is 30.8. The van der Waals surface area contributed by atoms with Crippen molar-refractivity contribution in [2.75, 3.05) is 211 Å². The van der Waals surface area contributed by atoms with Gasteiger partial charge in [0.25, 0.3) is 0 Å². The molecule has 0 spiro atoms. The van der Waals surface area contributed by atoms with E-state index in [0.29, 0.717) is 213 Å². The number of aliphatic hydroxyl groups excluding tert-OH is 4. The van der Waals surface area contributed by atoms with Crippen molar-refractivity contribution in [2.24, 2.45) is 0 Å². The van der Waals surface area contributed by atoms with Crippen LogP contribution >= 0.6 is 0 Å². The first kappa shape index (κ1) is 69.1. The highest BCUT2D eigenvalue weighted by atomic mass is 16.6. The quantitative estimate of drug-likeness (QED) is 0.0285. The Hall–Kier alpha value is -7.20. The van der Waals surface area contributed by atoms with Gasteiger partial charge in [0.05, 0.1) is 207 Å². The van der Waals surface area contributed by atoms with Gasteiger partial charge in [-0.25, -0.2) is 29.9 Å². The second-order valence-corrected chi connectivity index (χ2v) is 20.0. The maximum absolute atomic E-state index is 8.97. The van der Waals surface area contributed by atoms with Gasteiger partial charge < -0.3 is 106 Å². The number of rotatable bonds is 48. The van der Waals surface area contributed by atoms with Crippen molar-refractivity contribution in [2.45, 2.75) is 0 Å². The van der Waals surface area contributed by atoms with E-state index in [1.165, 1.54) is 0 Å². The van der Waals surface area contributed by atoms with Gasteiger partial charge >= 0.3 is 0 Å². The monoisotopic (exact) mass is 1280 g/mol. The highest BCUT2D eigenvalue weighted by molar-refractivity contribution is 6.10. The number of nitrogens with one attached hydrogen (secondary N) is 2. The number of aromatic nitrogens is 8. The Morgan fingerprint density at radius 3 is 0.826 bits per heavy atom. The van der Waals surface area contributed by atoms with Crippen LogP contribution in [0.25, 0.3) is 89.7 Å². The molecule has 28 heteroatoms. The average Bonchev–Trinajstić information content (AvgIpc) is 1.60. The summed E-state index contributed by atoms with van der Waals surface area (Å²) in [6.07, 6.45) is 0. The molecule has 8 bridgehead atoms. The molecule has 498 valence electrons. The number of H-pyrrole nitrogens is 2. The zero-order valence-electron chi connectivity index (χ0n) is 51.6. The number of ether oxygens (including phenoxy) is 16. The highest BCUT2D eigenvalue weighted by Gasteiger charge is 2.28. The van der Waals surface area contributed by atoms with E-state index >= 15 is 0 Å². The molecule has 0 saturated heterocycles. The molecule has 7 aromatic rings. The van der Waals surface area contributed by atoms with Crippen LogP contribution < -0.4 is 18.9 Å². The average molecular weight is 1280 g/mol. The Morgan fingerprint density at radius 2 is 0.500 bits per heavy atom. The van der Waals surface area contributed by atoms with E-state index < -0.39 is 0 Å². The lowest BCUT2D eigenvalue weighted by Gasteiger charge is -2.11. The van der Waals surface area contributed by atoms with Crippen LogP contribution in [0.5, 0.6) is 23.0 Å². The lowest BCUT2D eigenvalue weighted by molar-refractivity contribution is 0.00363. The van der Waals surface area contributed by atoms with E-state index in [1.54, 1.807) is 0 Å². The van der Waals surface area contributed by atoms with Gasteiger partial charge in [0.15, 0.2) is 23.3 Å². The molecule has 2 aliphatic rings. The molecule has 0 saturated carbocycles. The third-order valence-electron chi connectivity index (χ3n) is 13.6. The van der Waals surface area contributed by atoms with Crippen molar-refractivity contribution in [1.82, 2.24) is 39.9 Å². The third kappa shape index (κ3) is 20.4. The molecule has 0 amide bonds. The van der Waals surface area contributed by atoms with Crippen LogP contribution in [-0.4, -0.2) is 272 Å². The molecule has 0 atom stereocenters. The van der Waals surface area contributed by atoms with E-state index in [4.69, 9.17) is 126 Å². The summed E-state index contributed by atoms with van der Waals surface area (Å²) in [7, 11) is 0. The first-order valence-corrected chi connectivity index (χ1v) is 30.8. The van der Waals surface area contributed by atoms with Crippen LogP contribution in [0.3, 0.4) is 0 Å². The standard InChI is InChI=1S/C64H82N8O20/c73-13-17-77-21-25-81-29-33-85-37-41-89-49-9-1-5-45-53(49)61-66-57(45)65-58-46-6-2-11-51(91-43-39-87-35-31-83-27-23-79-19-15-75)55(46)63(67-58)72-64-56-48(8-4-12-52(56)92-44-40-88-36-32-84-28-24-80-20-16-76)60(71-64)70-62-54-47(59(68-61)69-62)7-3-10-50(54)90-42-38-86-34-30-82-26-22-78-18-14-74/h1-12,73-76H,13-44H2,(H2,65,66,67,68,69,70,71,72). The SMILES string of the molecule is OCCOCCOCCOCCOc1cccc2c1-c1nc-2nc2[nH]c(nc3nc(nc4[nH]c(n1)c1cccc(OCCOCCOCCOCCO)c41)-c1c(OCCOCCOCCOCCO)cccc1-3)c1cccc(OCCOCCOCCOCCO)c21. The minimum Gasteiger partial charge on any atom is -0.490 e. The van der Waals surface area contributed by atoms with Gasteiger partial charge in [0, 0.05) is 21.9 Å². The van der Waals surface area contributed by atoms with Crippen molar-refractivity contribution < 1.29 is 96.2 Å². The normalized spacial score (nSPS) is 11.9. The maximum atomic E-state index is 8.97. The Kier molecular flexibility index (Phi) is 29.6. The fourth-order valence-corrected chi connectivity index (χ4v) is 9.61. The van der Waals surface area contributed by atoms with E-state index in [9.17, 15) is 0 Å². The van der Waals surface area contributed by atoms with Gasteiger partial charge in [-0.1, -0.05) is 48.5 Å². The second-order valence-electron chi connectivity index (χ2n) is 20.0. The molecule has 0 radical (unpaired) electrons. The van der Waals surface area contributed by atoms with Crippen molar-refractivity contribution in [3.63, 3.8) is 0 Å². The number of hydrogen-bond acceptors (Lipinski definition) is 26. The van der Waals surface area contributed by atoms with Gasteiger partial charge in [-0.05, 0) is 24.3 Å². The highest BCUT2D eigenvalue weighted by Crippen LogP contribution is 2.44. The summed E-state index contributed by atoms with van der Waals surface area (Å²) >= 11 is 0. The molecule has 28 nitrogen and oxygen atoms in total. The summed E-state index contributed by atoms with van der Waals surface area (Å²) in [5.74, 6) is 3.22. The second kappa shape index (κ2) is 39.4. The predicted molar refractivity (Wildman–Crippen MR) is 336 cm³/mol. The Bertz CT molecular complexity index is 3500. The number of benzene rings is 4. The lowest BCUT2D eigenvalue weighted by atomic mass is 10.1. The van der Waals surface area contributed by atoms with Gasteiger partial charge in [-0.15, -0.1) is 0 Å². The maximum Gasteiger partial charge on any atom is 0.168 e. The zero-order valence-corrected chi connectivity index (χ0v) is 51.6. The van der Waals surface area contributed by atoms with Crippen LogP contribution in [0.15, 0.2) is 72.8 Å². The van der Waals surface area contributed by atoms with Gasteiger partial charge in [0.2, 0.25) is 0 Å². The van der Waals surface area contributed by atoms with Crippen molar-refractivity contribution in [3.8, 4) is 68.5 Å². The molecule has 2 aliphatic heterocycles. The molecule has 3 aromatic heterocycles. The number of fused-ring (bicyclic) bond motifs is 20. The fourth-order valence-electron chi connectivity index (χ4n) is 9.61. The van der Waals surface area contributed by atoms with Gasteiger partial charge in [-0.2, -0.15) is 0 Å². The first-order chi connectivity index (χ1) is 45.6. The Balaban J connectivity index is 1.10. The molecule has 9 rings (SSSR count). The summed E-state index contributed by atoms with van der Waals surface area (Å²) < 4.78 is 93.0. The summed E-state index contributed by atoms with van der Waals surface area (Å²) in [4.78, 5) is 38.6. The Labute approximate surface area is 531 Å². The van der Waals surface area contributed by atoms with E-state index in [0.717, 1.165) is 0 Å². The van der Waals surface area contributed by atoms with E-state index in [-0.39, 0.29) is 112 Å². The lowest BCUT2D eigenvalue weighted by Crippen LogP contribution is -2.13. The van der Waals surface area contributed by atoms with Crippen LogP contribution in [-0.2, 0) is 56.8 Å². The van der Waals surface area contributed by atoms with Gasteiger partial charge in [0.1, 0.15) is 72.0 Å². The number of aromatic amines is 2. The fraction of sp³-hybridized carbons (Fsp3) is 0.500. The van der Waals surface area contributed by atoms with Crippen molar-refractivity contribution >= 4 is 44.1 Å². The largest absolute Gasteiger partial charge is 0.490 e. The molecule has 92 heavy (non-hydrogen) atoms. The van der Waals surface area contributed by atoms with E-state index in [1.807, 2.05) is 72.8 Å². The zero-order chi connectivity index (χ0) is 63.6. The topological polar surface area (TPSA) is 338 Å². The summed E-state index contributed by atoms with van der Waals surface area (Å²) in [6, 6.07) is 22.6. The molecular weight excluding hydrogens is 1200 g/mol. The van der Waals surface area contributed by atoms with Crippen LogP contribution in [0.2, 0.25) is 0 Å². The number of hydrogen-bond donors (Lipinski definition) is 6. The van der Waals surface area contributed by atoms with Crippen molar-refractivity contribution in [1.29, 1.82) is 0 Å². The third-order valence-corrected chi connectivity index (χ3v) is 13.6. The molecule has 0 unspecified atom stereocenters. The summed E-state index contributed by atoms with van der Waals surface area (Å²) in [5, 5.41) is 38.4. The number of aliphatic hydroxyl groups is 4. The summed E-state index contributed by atoms with van der Waals surface area (Å²) in [6.45, 7) is 8.33. The van der Waals surface area contributed by atoms with Crippen LogP contribution in [0, 0.1) is 0 Å². The summed E-state index contributed by atoms with van der Waals surface area (Å²) in [5.41, 5.74) is 4.05. The Morgan fingerprint density at radius 1 is 0.250 bits per heavy atom. The predicted octanol–water partition coefficient (Wildman–Crippen LogP) is 4.55. The molecule has 4 aromatic carbocycles. The van der Waals surface area contributed by atoms with Crippen LogP contribution in [0.4, 0.5) is 0 Å². The van der Waals surface area contributed by atoms with Crippen molar-refractivity contribution in [3.05, 3.63) is 72.8 Å². The van der Waals surface area contributed by atoms with E-state index in [2.05, 4.69) is 9.97 Å². The number of nitrogens with zero attached hydrogens (tertiary/aromatic N) is 6. The molecule has 6 N–H and O–H groups in total.